The predicted molar refractivity (Wildman–Crippen MR) is 72.6 cm³/mol. The average Bonchev–Trinajstić information content (AvgIpc) is 2.38. The maximum Gasteiger partial charge on any atom is 0.225 e. The Kier molecular flexibility index (Phi) is 6.29. The van der Waals surface area contributed by atoms with Gasteiger partial charge < -0.3 is 15.4 Å². The lowest BCUT2D eigenvalue weighted by Gasteiger charge is -2.17. The summed E-state index contributed by atoms with van der Waals surface area (Å²) in [4.78, 5) is 13.4. The molecule has 0 unspecified atom stereocenters. The molecule has 0 heterocycles. The van der Waals surface area contributed by atoms with Gasteiger partial charge in [0.05, 0.1) is 13.0 Å². The smallest absolute Gasteiger partial charge is 0.225 e. The van der Waals surface area contributed by atoms with Crippen molar-refractivity contribution in [3.8, 4) is 5.75 Å². The summed E-state index contributed by atoms with van der Waals surface area (Å²) in [5.74, 6) is 0.342. The van der Waals surface area contributed by atoms with Crippen molar-refractivity contribution in [2.75, 3.05) is 26.7 Å². The van der Waals surface area contributed by atoms with Crippen LogP contribution in [0.1, 0.15) is 18.4 Å². The van der Waals surface area contributed by atoms with E-state index in [1.54, 1.807) is 24.9 Å². The number of rotatable bonds is 7. The van der Waals surface area contributed by atoms with Crippen molar-refractivity contribution < 1.29 is 13.9 Å². The van der Waals surface area contributed by atoms with E-state index < -0.39 is 0 Å². The van der Waals surface area contributed by atoms with E-state index in [0.717, 1.165) is 12.0 Å². The van der Waals surface area contributed by atoms with Crippen molar-refractivity contribution in [1.29, 1.82) is 0 Å². The number of carbonyl (C=O) groups excluding carboxylic acids is 1. The monoisotopic (exact) mass is 268 g/mol. The molecule has 0 aromatic heterocycles. The quantitative estimate of drug-likeness (QED) is 0.819. The number of ether oxygens (including phenoxy) is 1. The van der Waals surface area contributed by atoms with E-state index in [1.165, 1.54) is 12.1 Å². The van der Waals surface area contributed by atoms with Gasteiger partial charge in [0, 0.05) is 13.6 Å². The van der Waals surface area contributed by atoms with Gasteiger partial charge in [-0.05, 0) is 43.7 Å². The maximum atomic E-state index is 12.9. The average molecular weight is 268 g/mol. The van der Waals surface area contributed by atoms with Crippen LogP contribution in [0.15, 0.2) is 18.2 Å². The fraction of sp³-hybridized carbons (Fsp3) is 0.500. The Hall–Kier alpha value is -1.62. The van der Waals surface area contributed by atoms with Crippen LogP contribution in [0.2, 0.25) is 0 Å². The Bertz CT molecular complexity index is 424. The highest BCUT2D eigenvalue weighted by Crippen LogP contribution is 2.18. The molecule has 0 saturated carbocycles. The van der Waals surface area contributed by atoms with Gasteiger partial charge in [0.2, 0.25) is 5.91 Å². The summed E-state index contributed by atoms with van der Waals surface area (Å²) >= 11 is 0. The van der Waals surface area contributed by atoms with Gasteiger partial charge in [-0.25, -0.2) is 4.39 Å². The highest BCUT2D eigenvalue weighted by atomic mass is 19.1. The molecule has 1 aromatic carbocycles. The molecule has 0 aliphatic rings. The molecule has 0 atom stereocenters. The molecule has 0 radical (unpaired) electrons. The Morgan fingerprint density at radius 1 is 1.47 bits per heavy atom. The molecule has 1 aromatic rings. The van der Waals surface area contributed by atoms with Crippen LogP contribution < -0.4 is 10.5 Å². The molecule has 0 saturated heterocycles. The summed E-state index contributed by atoms with van der Waals surface area (Å²) in [6.07, 6.45) is 1.10. The number of hydrogen-bond donors (Lipinski definition) is 1. The SMILES string of the molecule is Cc1cc(F)ccc1OCCC(=O)N(C)CCCN. The number of hydrogen-bond acceptors (Lipinski definition) is 3. The van der Waals surface area contributed by atoms with Crippen molar-refractivity contribution in [2.24, 2.45) is 5.73 Å². The topological polar surface area (TPSA) is 55.6 Å². The zero-order valence-corrected chi connectivity index (χ0v) is 11.5. The van der Waals surface area contributed by atoms with Gasteiger partial charge in [-0.3, -0.25) is 4.79 Å². The second kappa shape index (κ2) is 7.74. The second-order valence-electron chi connectivity index (χ2n) is 4.47. The Morgan fingerprint density at radius 2 is 2.21 bits per heavy atom. The van der Waals surface area contributed by atoms with Crippen molar-refractivity contribution in [3.63, 3.8) is 0 Å². The fourth-order valence-electron chi connectivity index (χ4n) is 1.67. The van der Waals surface area contributed by atoms with E-state index in [2.05, 4.69) is 0 Å². The van der Waals surface area contributed by atoms with Crippen LogP contribution in [0.4, 0.5) is 4.39 Å². The van der Waals surface area contributed by atoms with E-state index >= 15 is 0 Å². The van der Waals surface area contributed by atoms with Crippen molar-refractivity contribution >= 4 is 5.91 Å². The molecule has 2 N–H and O–H groups in total. The second-order valence-corrected chi connectivity index (χ2v) is 4.47. The summed E-state index contributed by atoms with van der Waals surface area (Å²) in [7, 11) is 1.75. The summed E-state index contributed by atoms with van der Waals surface area (Å²) in [6, 6.07) is 4.33. The number of amides is 1. The molecule has 1 rings (SSSR count). The molecular formula is C14H21FN2O2. The minimum Gasteiger partial charge on any atom is -0.493 e. The van der Waals surface area contributed by atoms with E-state index in [1.807, 2.05) is 0 Å². The van der Waals surface area contributed by atoms with Gasteiger partial charge in [0.15, 0.2) is 0 Å². The Morgan fingerprint density at radius 3 is 2.84 bits per heavy atom. The predicted octanol–water partition coefficient (Wildman–Crippen LogP) is 1.71. The van der Waals surface area contributed by atoms with Gasteiger partial charge in [0.25, 0.3) is 0 Å². The molecule has 19 heavy (non-hydrogen) atoms. The summed E-state index contributed by atoms with van der Waals surface area (Å²) in [5, 5.41) is 0. The molecule has 0 spiro atoms. The molecule has 0 fully saturated rings. The van der Waals surface area contributed by atoms with Gasteiger partial charge in [0.1, 0.15) is 11.6 Å². The third-order valence-corrected chi connectivity index (χ3v) is 2.83. The highest BCUT2D eigenvalue weighted by molar-refractivity contribution is 5.75. The molecule has 1 amide bonds. The van der Waals surface area contributed by atoms with Crippen LogP contribution in [0, 0.1) is 12.7 Å². The number of nitrogens with two attached hydrogens (primary N) is 1. The van der Waals surface area contributed by atoms with Gasteiger partial charge in [-0.2, -0.15) is 0 Å². The van der Waals surface area contributed by atoms with Gasteiger partial charge in [-0.15, -0.1) is 0 Å². The Labute approximate surface area is 113 Å². The molecule has 5 heteroatoms. The van der Waals surface area contributed by atoms with Crippen LogP contribution in [0.3, 0.4) is 0 Å². The lowest BCUT2D eigenvalue weighted by atomic mass is 10.2. The van der Waals surface area contributed by atoms with Crippen LogP contribution in [-0.2, 0) is 4.79 Å². The van der Waals surface area contributed by atoms with E-state index in [-0.39, 0.29) is 18.3 Å². The largest absolute Gasteiger partial charge is 0.493 e. The molecular weight excluding hydrogens is 247 g/mol. The lowest BCUT2D eigenvalue weighted by molar-refractivity contribution is -0.130. The normalized spacial score (nSPS) is 10.3. The third kappa shape index (κ3) is 5.26. The van der Waals surface area contributed by atoms with Gasteiger partial charge >= 0.3 is 0 Å². The molecule has 0 aliphatic carbocycles. The van der Waals surface area contributed by atoms with Gasteiger partial charge in [-0.1, -0.05) is 0 Å². The summed E-state index contributed by atoms with van der Waals surface area (Å²) in [5.41, 5.74) is 6.11. The highest BCUT2D eigenvalue weighted by Gasteiger charge is 2.08. The van der Waals surface area contributed by atoms with Crippen LogP contribution >= 0.6 is 0 Å². The van der Waals surface area contributed by atoms with Crippen molar-refractivity contribution in [2.45, 2.75) is 19.8 Å². The molecule has 0 bridgehead atoms. The van der Waals surface area contributed by atoms with Crippen molar-refractivity contribution in [1.82, 2.24) is 4.90 Å². The first kappa shape index (κ1) is 15.4. The van der Waals surface area contributed by atoms with E-state index in [9.17, 15) is 9.18 Å². The molecule has 4 nitrogen and oxygen atoms in total. The lowest BCUT2D eigenvalue weighted by Crippen LogP contribution is -2.30. The minimum absolute atomic E-state index is 0.0215. The van der Waals surface area contributed by atoms with E-state index in [4.69, 9.17) is 10.5 Å². The standard InChI is InChI=1S/C14H21FN2O2/c1-11-10-12(15)4-5-13(11)19-9-6-14(18)17(2)8-3-7-16/h4-5,10H,3,6-9,16H2,1-2H3. The number of halogens is 1. The molecule has 106 valence electrons. The first-order chi connectivity index (χ1) is 9.04. The van der Waals surface area contributed by atoms with Crippen LogP contribution in [-0.4, -0.2) is 37.6 Å². The van der Waals surface area contributed by atoms with Crippen LogP contribution in [0.25, 0.3) is 0 Å². The number of benzene rings is 1. The minimum atomic E-state index is -0.289. The summed E-state index contributed by atoms with van der Waals surface area (Å²) in [6.45, 7) is 3.29. The third-order valence-electron chi connectivity index (χ3n) is 2.83. The maximum absolute atomic E-state index is 12.9. The number of nitrogens with zero attached hydrogens (tertiary/aromatic N) is 1. The zero-order chi connectivity index (χ0) is 14.3. The zero-order valence-electron chi connectivity index (χ0n) is 11.5. The Balaban J connectivity index is 2.35. The summed E-state index contributed by atoms with van der Waals surface area (Å²) < 4.78 is 18.4. The first-order valence-electron chi connectivity index (χ1n) is 6.37. The van der Waals surface area contributed by atoms with Crippen molar-refractivity contribution in [3.05, 3.63) is 29.6 Å². The number of aryl methyl sites for hydroxylation is 1. The van der Waals surface area contributed by atoms with E-state index in [0.29, 0.717) is 25.3 Å². The molecule has 0 aliphatic heterocycles. The first-order valence-corrected chi connectivity index (χ1v) is 6.37. The van der Waals surface area contributed by atoms with Crippen LogP contribution in [0.5, 0.6) is 5.75 Å². The fourth-order valence-corrected chi connectivity index (χ4v) is 1.67. The number of carbonyl (C=O) groups is 1.